The highest BCUT2D eigenvalue weighted by Crippen LogP contribution is 2.36. The average Bonchev–Trinajstić information content (AvgIpc) is 3.10. The molecule has 1 aliphatic rings. The SMILES string of the molecule is CC(c1cc2ccccc2o1)N1CCc2ccccc21. The fraction of sp³-hybridized carbons (Fsp3) is 0.222. The van der Waals surface area contributed by atoms with E-state index in [1.54, 1.807) is 0 Å². The summed E-state index contributed by atoms with van der Waals surface area (Å²) in [6.45, 7) is 3.29. The first-order chi connectivity index (χ1) is 9.83. The molecule has 2 heteroatoms. The van der Waals surface area contributed by atoms with Gasteiger partial charge in [0.15, 0.2) is 0 Å². The monoisotopic (exact) mass is 263 g/mol. The van der Waals surface area contributed by atoms with E-state index in [1.165, 1.54) is 16.6 Å². The summed E-state index contributed by atoms with van der Waals surface area (Å²) >= 11 is 0. The number of para-hydroxylation sites is 2. The van der Waals surface area contributed by atoms with Crippen LogP contribution in [0.4, 0.5) is 5.69 Å². The van der Waals surface area contributed by atoms with Gasteiger partial charge in [-0.1, -0.05) is 36.4 Å². The highest BCUT2D eigenvalue weighted by atomic mass is 16.3. The zero-order chi connectivity index (χ0) is 13.5. The molecular weight excluding hydrogens is 246 g/mol. The number of fused-ring (bicyclic) bond motifs is 2. The molecule has 2 nitrogen and oxygen atoms in total. The molecule has 20 heavy (non-hydrogen) atoms. The largest absolute Gasteiger partial charge is 0.459 e. The van der Waals surface area contributed by atoms with Crippen LogP contribution < -0.4 is 4.90 Å². The maximum Gasteiger partial charge on any atom is 0.134 e. The van der Waals surface area contributed by atoms with Gasteiger partial charge in [-0.05, 0) is 37.1 Å². The van der Waals surface area contributed by atoms with Gasteiger partial charge in [0.1, 0.15) is 11.3 Å². The lowest BCUT2D eigenvalue weighted by Gasteiger charge is -2.25. The van der Waals surface area contributed by atoms with Gasteiger partial charge >= 0.3 is 0 Å². The molecule has 2 heterocycles. The normalized spacial score (nSPS) is 15.6. The third-order valence-electron chi connectivity index (χ3n) is 4.25. The average molecular weight is 263 g/mol. The van der Waals surface area contributed by atoms with E-state index in [9.17, 15) is 0 Å². The maximum atomic E-state index is 6.02. The third kappa shape index (κ3) is 1.72. The van der Waals surface area contributed by atoms with Crippen molar-refractivity contribution in [1.82, 2.24) is 0 Å². The Morgan fingerprint density at radius 2 is 1.85 bits per heavy atom. The van der Waals surface area contributed by atoms with E-state index < -0.39 is 0 Å². The minimum Gasteiger partial charge on any atom is -0.459 e. The van der Waals surface area contributed by atoms with Gasteiger partial charge in [0.2, 0.25) is 0 Å². The summed E-state index contributed by atoms with van der Waals surface area (Å²) in [5, 5.41) is 1.18. The van der Waals surface area contributed by atoms with Crippen molar-refractivity contribution in [3.8, 4) is 0 Å². The molecule has 0 spiro atoms. The minimum absolute atomic E-state index is 0.269. The number of hydrogen-bond acceptors (Lipinski definition) is 2. The van der Waals surface area contributed by atoms with E-state index in [0.717, 1.165) is 24.3 Å². The summed E-state index contributed by atoms with van der Waals surface area (Å²) in [5.41, 5.74) is 3.76. The molecule has 100 valence electrons. The summed E-state index contributed by atoms with van der Waals surface area (Å²) in [6, 6.07) is 19.3. The van der Waals surface area contributed by atoms with Gasteiger partial charge in [-0.25, -0.2) is 0 Å². The zero-order valence-electron chi connectivity index (χ0n) is 11.5. The van der Waals surface area contributed by atoms with Gasteiger partial charge in [-0.15, -0.1) is 0 Å². The minimum atomic E-state index is 0.269. The van der Waals surface area contributed by atoms with Crippen LogP contribution in [0, 0.1) is 0 Å². The van der Waals surface area contributed by atoms with Crippen molar-refractivity contribution in [2.75, 3.05) is 11.4 Å². The Hall–Kier alpha value is -2.22. The van der Waals surface area contributed by atoms with E-state index in [4.69, 9.17) is 4.42 Å². The van der Waals surface area contributed by atoms with E-state index >= 15 is 0 Å². The molecule has 0 saturated heterocycles. The van der Waals surface area contributed by atoms with Crippen molar-refractivity contribution in [2.45, 2.75) is 19.4 Å². The molecular formula is C18H17NO. The van der Waals surface area contributed by atoms with E-state index in [-0.39, 0.29) is 6.04 Å². The summed E-state index contributed by atoms with van der Waals surface area (Å²) < 4.78 is 6.02. The second kappa shape index (κ2) is 4.41. The predicted molar refractivity (Wildman–Crippen MR) is 82.1 cm³/mol. The van der Waals surface area contributed by atoms with E-state index in [0.29, 0.717) is 0 Å². The summed E-state index contributed by atoms with van der Waals surface area (Å²) in [4.78, 5) is 2.44. The van der Waals surface area contributed by atoms with Crippen LogP contribution in [-0.4, -0.2) is 6.54 Å². The van der Waals surface area contributed by atoms with Gasteiger partial charge in [-0.2, -0.15) is 0 Å². The molecule has 1 unspecified atom stereocenters. The summed E-state index contributed by atoms with van der Waals surface area (Å²) in [7, 11) is 0. The van der Waals surface area contributed by atoms with Crippen molar-refractivity contribution in [3.63, 3.8) is 0 Å². The Balaban J connectivity index is 1.72. The third-order valence-corrected chi connectivity index (χ3v) is 4.25. The van der Waals surface area contributed by atoms with Crippen LogP contribution in [0.25, 0.3) is 11.0 Å². The molecule has 0 N–H and O–H groups in total. The number of nitrogens with zero attached hydrogens (tertiary/aromatic N) is 1. The van der Waals surface area contributed by atoms with Crippen molar-refractivity contribution in [2.24, 2.45) is 0 Å². The fourth-order valence-corrected chi connectivity index (χ4v) is 3.13. The number of rotatable bonds is 2. The Morgan fingerprint density at radius 1 is 1.05 bits per heavy atom. The van der Waals surface area contributed by atoms with Gasteiger partial charge in [0.25, 0.3) is 0 Å². The van der Waals surface area contributed by atoms with Crippen LogP contribution >= 0.6 is 0 Å². The molecule has 0 fully saturated rings. The van der Waals surface area contributed by atoms with Crippen molar-refractivity contribution in [3.05, 3.63) is 65.9 Å². The number of hydrogen-bond donors (Lipinski definition) is 0. The van der Waals surface area contributed by atoms with Crippen LogP contribution in [0.15, 0.2) is 59.0 Å². The van der Waals surface area contributed by atoms with Crippen LogP contribution in [0.3, 0.4) is 0 Å². The van der Waals surface area contributed by atoms with Crippen molar-refractivity contribution < 1.29 is 4.42 Å². The fourth-order valence-electron chi connectivity index (χ4n) is 3.13. The van der Waals surface area contributed by atoms with Gasteiger partial charge in [0.05, 0.1) is 6.04 Å². The molecule has 1 aliphatic heterocycles. The highest BCUT2D eigenvalue weighted by molar-refractivity contribution is 5.78. The smallest absolute Gasteiger partial charge is 0.134 e. The van der Waals surface area contributed by atoms with Crippen LogP contribution in [0.5, 0.6) is 0 Å². The van der Waals surface area contributed by atoms with Crippen LogP contribution in [0.2, 0.25) is 0 Å². The van der Waals surface area contributed by atoms with Crippen molar-refractivity contribution >= 4 is 16.7 Å². The van der Waals surface area contributed by atoms with Crippen LogP contribution in [0.1, 0.15) is 24.3 Å². The first kappa shape index (κ1) is 11.6. The lowest BCUT2D eigenvalue weighted by molar-refractivity contribution is 0.495. The maximum absolute atomic E-state index is 6.02. The Bertz CT molecular complexity index is 726. The molecule has 0 amide bonds. The molecule has 3 aromatic rings. The topological polar surface area (TPSA) is 16.4 Å². The molecule has 0 saturated carbocycles. The Morgan fingerprint density at radius 3 is 2.75 bits per heavy atom. The number of anilines is 1. The summed E-state index contributed by atoms with van der Waals surface area (Å²) in [5.74, 6) is 1.04. The predicted octanol–water partition coefficient (Wildman–Crippen LogP) is 4.56. The van der Waals surface area contributed by atoms with Gasteiger partial charge in [-0.3, -0.25) is 0 Å². The Kier molecular flexibility index (Phi) is 2.56. The molecule has 1 aromatic heterocycles. The lowest BCUT2D eigenvalue weighted by Crippen LogP contribution is -2.24. The van der Waals surface area contributed by atoms with Crippen LogP contribution in [-0.2, 0) is 6.42 Å². The molecule has 0 radical (unpaired) electrons. The Labute approximate surface area is 118 Å². The molecule has 0 bridgehead atoms. The van der Waals surface area contributed by atoms with Crippen molar-refractivity contribution in [1.29, 1.82) is 0 Å². The molecule has 4 rings (SSSR count). The molecule has 1 atom stereocenters. The second-order valence-corrected chi connectivity index (χ2v) is 5.43. The number of benzene rings is 2. The van der Waals surface area contributed by atoms with Gasteiger partial charge < -0.3 is 9.32 Å². The van der Waals surface area contributed by atoms with E-state index in [1.807, 2.05) is 12.1 Å². The summed E-state index contributed by atoms with van der Waals surface area (Å²) in [6.07, 6.45) is 1.13. The second-order valence-electron chi connectivity index (χ2n) is 5.43. The molecule has 0 aliphatic carbocycles. The highest BCUT2D eigenvalue weighted by Gasteiger charge is 2.25. The van der Waals surface area contributed by atoms with Gasteiger partial charge in [0, 0.05) is 17.6 Å². The number of furan rings is 1. The van der Waals surface area contributed by atoms with E-state index in [2.05, 4.69) is 54.3 Å². The quantitative estimate of drug-likeness (QED) is 0.674. The molecule has 2 aromatic carbocycles. The first-order valence-electron chi connectivity index (χ1n) is 7.16. The standard InChI is InChI=1S/C18H17NO/c1-13(18-12-15-7-3-5-9-17(15)20-18)19-11-10-14-6-2-4-8-16(14)19/h2-9,12-13H,10-11H2,1H3. The first-order valence-corrected chi connectivity index (χ1v) is 7.16. The zero-order valence-corrected chi connectivity index (χ0v) is 11.5. The lowest BCUT2D eigenvalue weighted by atomic mass is 10.1.